The van der Waals surface area contributed by atoms with E-state index in [4.69, 9.17) is 4.42 Å². The summed E-state index contributed by atoms with van der Waals surface area (Å²) in [5.74, 6) is 0.826. The Bertz CT molecular complexity index is 664. The van der Waals surface area contributed by atoms with Gasteiger partial charge in [0.15, 0.2) is 11.7 Å². The van der Waals surface area contributed by atoms with Crippen molar-refractivity contribution in [1.29, 1.82) is 0 Å². The Kier molecular flexibility index (Phi) is 6.87. The van der Waals surface area contributed by atoms with Crippen LogP contribution in [0.3, 0.4) is 0 Å². The summed E-state index contributed by atoms with van der Waals surface area (Å²) in [6.07, 6.45) is 2.43. The molecule has 0 fully saturated rings. The van der Waals surface area contributed by atoms with Gasteiger partial charge in [-0.25, -0.2) is 0 Å². The molecule has 0 aliphatic carbocycles. The molecular formula is C17H24N4O2S. The zero-order valence-corrected chi connectivity index (χ0v) is 15.1. The van der Waals surface area contributed by atoms with Crippen LogP contribution in [0.5, 0.6) is 0 Å². The van der Waals surface area contributed by atoms with Crippen LogP contribution in [-0.4, -0.2) is 38.0 Å². The fraction of sp³-hybridized carbons (Fsp3) is 0.412. The molecule has 2 rings (SSSR count). The van der Waals surface area contributed by atoms with Gasteiger partial charge in [0.25, 0.3) is 5.91 Å². The number of carbonyl (C=O) groups is 1. The summed E-state index contributed by atoms with van der Waals surface area (Å²) in [5, 5.41) is 9.33. The molecule has 0 aliphatic rings. The minimum atomic E-state index is -0.217. The van der Waals surface area contributed by atoms with E-state index in [-0.39, 0.29) is 11.9 Å². The average molecular weight is 348 g/mol. The Morgan fingerprint density at radius 2 is 2.08 bits per heavy atom. The van der Waals surface area contributed by atoms with E-state index in [0.29, 0.717) is 18.8 Å². The Labute approximate surface area is 146 Å². The van der Waals surface area contributed by atoms with Crippen LogP contribution >= 0.6 is 11.3 Å². The quantitative estimate of drug-likeness (QED) is 0.407. The molecule has 0 saturated heterocycles. The highest BCUT2D eigenvalue weighted by Gasteiger charge is 2.09. The Balaban J connectivity index is 1.67. The lowest BCUT2D eigenvalue weighted by Gasteiger charge is -2.17. The van der Waals surface area contributed by atoms with E-state index in [1.807, 2.05) is 11.3 Å². The van der Waals surface area contributed by atoms with Gasteiger partial charge in [-0.3, -0.25) is 9.79 Å². The van der Waals surface area contributed by atoms with Crippen molar-refractivity contribution in [2.24, 2.45) is 4.99 Å². The zero-order valence-electron chi connectivity index (χ0n) is 14.3. The minimum absolute atomic E-state index is 0.217. The second-order valence-corrected chi connectivity index (χ2v) is 6.87. The van der Waals surface area contributed by atoms with Crippen LogP contribution in [-0.2, 0) is 6.42 Å². The van der Waals surface area contributed by atoms with Crippen LogP contribution < -0.4 is 16.0 Å². The third kappa shape index (κ3) is 5.73. The molecule has 0 aliphatic heterocycles. The zero-order chi connectivity index (χ0) is 17.4. The van der Waals surface area contributed by atoms with Crippen LogP contribution in [0, 0.1) is 6.92 Å². The second kappa shape index (κ2) is 9.12. The maximum atomic E-state index is 11.7. The lowest BCUT2D eigenvalue weighted by molar-refractivity contribution is 0.0926. The van der Waals surface area contributed by atoms with Crippen molar-refractivity contribution >= 4 is 23.2 Å². The molecule has 24 heavy (non-hydrogen) atoms. The van der Waals surface area contributed by atoms with E-state index in [9.17, 15) is 4.79 Å². The highest BCUT2D eigenvalue weighted by Crippen LogP contribution is 2.16. The third-order valence-electron chi connectivity index (χ3n) is 3.36. The molecule has 0 saturated carbocycles. The number of hydrogen-bond donors (Lipinski definition) is 3. The van der Waals surface area contributed by atoms with Gasteiger partial charge in [-0.05, 0) is 38.1 Å². The topological polar surface area (TPSA) is 78.7 Å². The number of carbonyl (C=O) groups excluding carboxylic acids is 1. The fourth-order valence-corrected chi connectivity index (χ4v) is 3.25. The molecular weight excluding hydrogens is 324 g/mol. The SMILES string of the molecule is CN=C(NCCNC(=O)c1ccco1)NC(C)Cc1ccc(C)s1. The van der Waals surface area contributed by atoms with E-state index in [1.165, 1.54) is 16.0 Å². The lowest BCUT2D eigenvalue weighted by atomic mass is 10.2. The second-order valence-electron chi connectivity index (χ2n) is 5.49. The summed E-state index contributed by atoms with van der Waals surface area (Å²) in [4.78, 5) is 18.6. The standard InChI is InChI=1S/C17H24N4O2S/c1-12(11-14-7-6-13(2)24-14)21-17(18-3)20-9-8-19-16(22)15-5-4-10-23-15/h4-7,10,12H,8-9,11H2,1-3H3,(H,19,22)(H2,18,20,21). The number of guanidine groups is 1. The van der Waals surface area contributed by atoms with Crippen molar-refractivity contribution in [3.05, 3.63) is 46.0 Å². The highest BCUT2D eigenvalue weighted by molar-refractivity contribution is 7.11. The average Bonchev–Trinajstić information content (AvgIpc) is 3.22. The van der Waals surface area contributed by atoms with Crippen LogP contribution in [0.2, 0.25) is 0 Å². The normalized spacial score (nSPS) is 12.7. The molecule has 0 aromatic carbocycles. The molecule has 2 heterocycles. The Morgan fingerprint density at radius 1 is 1.29 bits per heavy atom. The lowest BCUT2D eigenvalue weighted by Crippen LogP contribution is -2.45. The molecule has 1 unspecified atom stereocenters. The Hall–Kier alpha value is -2.28. The van der Waals surface area contributed by atoms with Gasteiger partial charge in [0.05, 0.1) is 6.26 Å². The first-order valence-corrected chi connectivity index (χ1v) is 8.74. The number of nitrogens with zero attached hydrogens (tertiary/aromatic N) is 1. The molecule has 2 aromatic heterocycles. The highest BCUT2D eigenvalue weighted by atomic mass is 32.1. The number of thiophene rings is 1. The predicted octanol–water partition coefficient (Wildman–Crippen LogP) is 2.18. The van der Waals surface area contributed by atoms with E-state index >= 15 is 0 Å². The Morgan fingerprint density at radius 3 is 2.71 bits per heavy atom. The van der Waals surface area contributed by atoms with Crippen molar-refractivity contribution in [2.75, 3.05) is 20.1 Å². The van der Waals surface area contributed by atoms with Gasteiger partial charge < -0.3 is 20.4 Å². The van der Waals surface area contributed by atoms with E-state index in [2.05, 4.69) is 46.9 Å². The largest absolute Gasteiger partial charge is 0.459 e. The summed E-state index contributed by atoms with van der Waals surface area (Å²) in [7, 11) is 1.73. The fourth-order valence-electron chi connectivity index (χ4n) is 2.23. The first kappa shape index (κ1) is 18.1. The monoisotopic (exact) mass is 348 g/mol. The maximum Gasteiger partial charge on any atom is 0.287 e. The summed E-state index contributed by atoms with van der Waals surface area (Å²) < 4.78 is 5.04. The molecule has 7 heteroatoms. The van der Waals surface area contributed by atoms with Gasteiger partial charge in [0.2, 0.25) is 0 Å². The predicted molar refractivity (Wildman–Crippen MR) is 97.8 cm³/mol. The van der Waals surface area contributed by atoms with Gasteiger partial charge in [-0.1, -0.05) is 0 Å². The molecule has 1 atom stereocenters. The number of nitrogens with one attached hydrogen (secondary N) is 3. The van der Waals surface area contributed by atoms with Crippen molar-refractivity contribution in [3.63, 3.8) is 0 Å². The van der Waals surface area contributed by atoms with Gasteiger partial charge in [-0.15, -0.1) is 11.3 Å². The summed E-state index contributed by atoms with van der Waals surface area (Å²) in [6.45, 7) is 5.31. The van der Waals surface area contributed by atoms with Crippen molar-refractivity contribution in [2.45, 2.75) is 26.3 Å². The smallest absolute Gasteiger partial charge is 0.287 e. The summed E-state index contributed by atoms with van der Waals surface area (Å²) in [5.41, 5.74) is 0. The molecule has 130 valence electrons. The number of amides is 1. The van der Waals surface area contributed by atoms with Gasteiger partial charge in [0, 0.05) is 42.4 Å². The first-order valence-electron chi connectivity index (χ1n) is 7.92. The van der Waals surface area contributed by atoms with E-state index in [1.54, 1.807) is 19.2 Å². The first-order chi connectivity index (χ1) is 11.6. The van der Waals surface area contributed by atoms with E-state index in [0.717, 1.165) is 12.4 Å². The number of hydrogen-bond acceptors (Lipinski definition) is 4. The number of aliphatic imine (C=N–C) groups is 1. The maximum absolute atomic E-state index is 11.7. The molecule has 2 aromatic rings. The number of rotatable bonds is 7. The van der Waals surface area contributed by atoms with Crippen molar-refractivity contribution in [3.8, 4) is 0 Å². The number of furan rings is 1. The molecule has 0 bridgehead atoms. The van der Waals surface area contributed by atoms with E-state index < -0.39 is 0 Å². The molecule has 3 N–H and O–H groups in total. The molecule has 0 radical (unpaired) electrons. The number of aryl methyl sites for hydroxylation is 1. The molecule has 1 amide bonds. The van der Waals surface area contributed by atoms with Crippen molar-refractivity contribution in [1.82, 2.24) is 16.0 Å². The molecule has 0 spiro atoms. The summed E-state index contributed by atoms with van der Waals surface area (Å²) in [6, 6.07) is 7.90. The third-order valence-corrected chi connectivity index (χ3v) is 4.38. The van der Waals surface area contributed by atoms with Crippen LogP contribution in [0.1, 0.15) is 27.2 Å². The van der Waals surface area contributed by atoms with Crippen LogP contribution in [0.4, 0.5) is 0 Å². The van der Waals surface area contributed by atoms with Gasteiger partial charge in [-0.2, -0.15) is 0 Å². The summed E-state index contributed by atoms with van der Waals surface area (Å²) >= 11 is 1.82. The van der Waals surface area contributed by atoms with Crippen molar-refractivity contribution < 1.29 is 9.21 Å². The minimum Gasteiger partial charge on any atom is -0.459 e. The molecule has 6 nitrogen and oxygen atoms in total. The van der Waals surface area contributed by atoms with Gasteiger partial charge >= 0.3 is 0 Å². The van der Waals surface area contributed by atoms with Crippen LogP contribution in [0.25, 0.3) is 0 Å². The van der Waals surface area contributed by atoms with Crippen LogP contribution in [0.15, 0.2) is 39.9 Å². The van der Waals surface area contributed by atoms with Gasteiger partial charge in [0.1, 0.15) is 0 Å².